The maximum absolute atomic E-state index is 11.4. The monoisotopic (exact) mass is 304 g/mol. The van der Waals surface area contributed by atoms with Crippen molar-refractivity contribution in [1.29, 1.82) is 0 Å². The van der Waals surface area contributed by atoms with Crippen LogP contribution in [0.15, 0.2) is 12.2 Å². The molecule has 0 aliphatic rings. The predicted molar refractivity (Wildman–Crippen MR) is 80.4 cm³/mol. The highest BCUT2D eigenvalue weighted by Crippen LogP contribution is 2.22. The minimum atomic E-state index is -2.67. The van der Waals surface area contributed by atoms with E-state index in [0.717, 1.165) is 0 Å². The average molecular weight is 304 g/mol. The topological polar surface area (TPSA) is 54.0 Å². The summed E-state index contributed by atoms with van der Waals surface area (Å²) in [6.07, 6.45) is 0. The van der Waals surface area contributed by atoms with Crippen molar-refractivity contribution in [1.82, 2.24) is 0 Å². The van der Waals surface area contributed by atoms with Gasteiger partial charge in [0, 0.05) is 31.4 Å². The van der Waals surface area contributed by atoms with Gasteiger partial charge in [-0.25, -0.2) is 4.79 Å². The third-order valence-electron chi connectivity index (χ3n) is 2.54. The summed E-state index contributed by atoms with van der Waals surface area (Å²) >= 11 is 0. The van der Waals surface area contributed by atoms with Crippen LogP contribution in [0.2, 0.25) is 6.04 Å². The summed E-state index contributed by atoms with van der Waals surface area (Å²) in [7, 11) is -2.67. The normalized spacial score (nSPS) is 13.1. The number of ether oxygens (including phenoxy) is 1. The van der Waals surface area contributed by atoms with Crippen molar-refractivity contribution in [2.24, 2.45) is 5.92 Å². The molecule has 0 saturated carbocycles. The Bertz CT molecular complexity index is 289. The van der Waals surface area contributed by atoms with E-state index < -0.39 is 8.80 Å². The van der Waals surface area contributed by atoms with Crippen LogP contribution in [0.3, 0.4) is 0 Å². The van der Waals surface area contributed by atoms with E-state index in [1.165, 1.54) is 0 Å². The molecule has 0 spiro atoms. The van der Waals surface area contributed by atoms with Crippen molar-refractivity contribution >= 4 is 14.8 Å². The molecule has 1 atom stereocenters. The van der Waals surface area contributed by atoms with Gasteiger partial charge in [0.2, 0.25) is 0 Å². The Morgan fingerprint density at radius 1 is 1.10 bits per heavy atom. The lowest BCUT2D eigenvalue weighted by Crippen LogP contribution is -2.47. The van der Waals surface area contributed by atoms with Crippen LogP contribution in [0, 0.1) is 5.92 Å². The Labute approximate surface area is 123 Å². The standard InChI is InChI=1S/C14H28O5Si/c1-7-17-20(18-8-2,19-9-3)11-13(6)10-16-14(15)12(4)5/h13H,4,7-11H2,1-3,5-6H3. The van der Waals surface area contributed by atoms with E-state index in [2.05, 4.69) is 6.58 Å². The predicted octanol–water partition coefficient (Wildman–Crippen LogP) is 2.79. The molecular formula is C14H28O5Si. The van der Waals surface area contributed by atoms with E-state index in [0.29, 0.717) is 38.0 Å². The van der Waals surface area contributed by atoms with Gasteiger partial charge in [-0.2, -0.15) is 0 Å². The number of esters is 1. The summed E-state index contributed by atoms with van der Waals surface area (Å²) in [6, 6.07) is 0.631. The van der Waals surface area contributed by atoms with E-state index in [1.54, 1.807) is 6.92 Å². The van der Waals surface area contributed by atoms with Gasteiger partial charge in [0.25, 0.3) is 0 Å². The first-order chi connectivity index (χ1) is 9.40. The van der Waals surface area contributed by atoms with Gasteiger partial charge >= 0.3 is 14.8 Å². The fourth-order valence-electron chi connectivity index (χ4n) is 1.79. The smallest absolute Gasteiger partial charge is 0.462 e. The van der Waals surface area contributed by atoms with E-state index in [4.69, 9.17) is 18.0 Å². The zero-order chi connectivity index (χ0) is 15.6. The molecule has 0 rings (SSSR count). The molecule has 0 N–H and O–H groups in total. The molecule has 0 radical (unpaired) electrons. The highest BCUT2D eigenvalue weighted by molar-refractivity contribution is 6.60. The molecule has 0 bridgehead atoms. The van der Waals surface area contributed by atoms with E-state index in [1.807, 2.05) is 27.7 Å². The first kappa shape index (κ1) is 19.3. The second kappa shape index (κ2) is 10.1. The minimum absolute atomic E-state index is 0.106. The Balaban J connectivity index is 4.53. The van der Waals surface area contributed by atoms with Gasteiger partial charge < -0.3 is 18.0 Å². The Morgan fingerprint density at radius 2 is 1.55 bits per heavy atom. The summed E-state index contributed by atoms with van der Waals surface area (Å²) < 4.78 is 22.5. The number of hydrogen-bond acceptors (Lipinski definition) is 5. The van der Waals surface area contributed by atoms with Crippen LogP contribution >= 0.6 is 0 Å². The fourth-order valence-corrected chi connectivity index (χ4v) is 4.68. The lowest BCUT2D eigenvalue weighted by Gasteiger charge is -2.30. The van der Waals surface area contributed by atoms with Crippen LogP contribution in [0.5, 0.6) is 0 Å². The molecule has 0 aliphatic carbocycles. The van der Waals surface area contributed by atoms with Crippen LogP contribution in [-0.2, 0) is 22.8 Å². The first-order valence-electron chi connectivity index (χ1n) is 7.15. The molecule has 0 aromatic rings. The molecule has 0 saturated heterocycles. The lowest BCUT2D eigenvalue weighted by atomic mass is 10.2. The van der Waals surface area contributed by atoms with Crippen molar-refractivity contribution in [3.63, 3.8) is 0 Å². The first-order valence-corrected chi connectivity index (χ1v) is 9.08. The molecular weight excluding hydrogens is 276 g/mol. The molecule has 0 aromatic heterocycles. The van der Waals surface area contributed by atoms with Gasteiger partial charge in [-0.1, -0.05) is 13.5 Å². The number of hydrogen-bond donors (Lipinski definition) is 0. The average Bonchev–Trinajstić information content (AvgIpc) is 2.36. The molecule has 0 heterocycles. The highest BCUT2D eigenvalue weighted by Gasteiger charge is 2.42. The SMILES string of the molecule is C=C(C)C(=O)OCC(C)C[Si](OCC)(OCC)OCC. The maximum Gasteiger partial charge on any atom is 0.501 e. The zero-order valence-corrected chi connectivity index (χ0v) is 14.4. The molecule has 0 aromatic carbocycles. The van der Waals surface area contributed by atoms with E-state index >= 15 is 0 Å². The van der Waals surface area contributed by atoms with Crippen molar-refractivity contribution < 1.29 is 22.8 Å². The minimum Gasteiger partial charge on any atom is -0.462 e. The molecule has 118 valence electrons. The number of carbonyl (C=O) groups excluding carboxylic acids is 1. The lowest BCUT2D eigenvalue weighted by molar-refractivity contribution is -0.140. The second-order valence-electron chi connectivity index (χ2n) is 4.67. The van der Waals surface area contributed by atoms with Gasteiger partial charge in [-0.3, -0.25) is 0 Å². The van der Waals surface area contributed by atoms with Crippen molar-refractivity contribution in [2.45, 2.75) is 40.7 Å². The van der Waals surface area contributed by atoms with Crippen LogP contribution in [0.25, 0.3) is 0 Å². The maximum atomic E-state index is 11.4. The van der Waals surface area contributed by atoms with E-state index in [-0.39, 0.29) is 11.9 Å². The third kappa shape index (κ3) is 7.19. The van der Waals surface area contributed by atoms with Crippen molar-refractivity contribution in [2.75, 3.05) is 26.4 Å². The molecule has 1 unspecified atom stereocenters. The van der Waals surface area contributed by atoms with Gasteiger partial charge in [0.05, 0.1) is 6.61 Å². The van der Waals surface area contributed by atoms with E-state index in [9.17, 15) is 4.79 Å². The Morgan fingerprint density at radius 3 is 1.90 bits per heavy atom. The zero-order valence-electron chi connectivity index (χ0n) is 13.4. The van der Waals surface area contributed by atoms with Crippen molar-refractivity contribution in [3.8, 4) is 0 Å². The molecule has 6 heteroatoms. The quantitative estimate of drug-likeness (QED) is 0.334. The Hall–Kier alpha value is -0.693. The van der Waals surface area contributed by atoms with Crippen LogP contribution in [-0.4, -0.2) is 41.2 Å². The summed E-state index contributed by atoms with van der Waals surface area (Å²) in [5.41, 5.74) is 0.403. The summed E-state index contributed by atoms with van der Waals surface area (Å²) in [4.78, 5) is 11.4. The summed E-state index contributed by atoms with van der Waals surface area (Å²) in [5.74, 6) is -0.261. The molecule has 0 fully saturated rings. The third-order valence-corrected chi connectivity index (χ3v) is 5.92. The van der Waals surface area contributed by atoms with Crippen LogP contribution in [0.4, 0.5) is 0 Å². The van der Waals surface area contributed by atoms with Gasteiger partial charge in [-0.15, -0.1) is 0 Å². The molecule has 0 aliphatic heterocycles. The van der Waals surface area contributed by atoms with Crippen LogP contribution < -0.4 is 0 Å². The molecule has 5 nitrogen and oxygen atoms in total. The largest absolute Gasteiger partial charge is 0.501 e. The van der Waals surface area contributed by atoms with Gasteiger partial charge in [0.15, 0.2) is 0 Å². The highest BCUT2D eigenvalue weighted by atomic mass is 28.4. The van der Waals surface area contributed by atoms with Crippen LogP contribution in [0.1, 0.15) is 34.6 Å². The van der Waals surface area contributed by atoms with Gasteiger partial charge in [-0.05, 0) is 33.6 Å². The van der Waals surface area contributed by atoms with Crippen molar-refractivity contribution in [3.05, 3.63) is 12.2 Å². The fraction of sp³-hybridized carbons (Fsp3) is 0.786. The number of rotatable bonds is 11. The summed E-state index contributed by atoms with van der Waals surface area (Å²) in [5, 5.41) is 0. The summed E-state index contributed by atoms with van der Waals surface area (Å²) in [6.45, 7) is 14.9. The molecule has 0 amide bonds. The number of carbonyl (C=O) groups is 1. The Kier molecular flexibility index (Phi) is 9.74. The second-order valence-corrected chi connectivity index (χ2v) is 7.31. The molecule has 20 heavy (non-hydrogen) atoms. The van der Waals surface area contributed by atoms with Gasteiger partial charge in [0.1, 0.15) is 0 Å².